The predicted molar refractivity (Wildman–Crippen MR) is 119 cm³/mol. The van der Waals surface area contributed by atoms with Crippen LogP contribution in [0.25, 0.3) is 0 Å². The number of hydrogen-bond acceptors (Lipinski definition) is 2. The Morgan fingerprint density at radius 1 is 1.00 bits per heavy atom. The first kappa shape index (κ1) is 19.9. The van der Waals surface area contributed by atoms with Crippen LogP contribution in [-0.2, 0) is 9.53 Å². The molecule has 2 heteroatoms. The van der Waals surface area contributed by atoms with E-state index in [1.54, 1.807) is 0 Å². The van der Waals surface area contributed by atoms with Gasteiger partial charge in [0.15, 0.2) is 0 Å². The average Bonchev–Trinajstić information content (AvgIpc) is 3.10. The largest absolute Gasteiger partial charge is 0.465 e. The van der Waals surface area contributed by atoms with Gasteiger partial charge in [-0.3, -0.25) is 4.79 Å². The van der Waals surface area contributed by atoms with Gasteiger partial charge in [0, 0.05) is 16.6 Å². The van der Waals surface area contributed by atoms with E-state index in [9.17, 15) is 4.79 Å². The smallest absolute Gasteiger partial charge is 0.293 e. The molecule has 158 valence electrons. The molecule has 5 rings (SSSR count). The first-order chi connectivity index (χ1) is 14.5. The normalized spacial score (nSPS) is 41.9. The summed E-state index contributed by atoms with van der Waals surface area (Å²) in [5.74, 6) is 10.1. The van der Waals surface area contributed by atoms with E-state index in [2.05, 4.69) is 56.0 Å². The molecule has 0 spiro atoms. The summed E-state index contributed by atoms with van der Waals surface area (Å²) in [7, 11) is 0. The van der Waals surface area contributed by atoms with Gasteiger partial charge in [-0.15, -0.1) is 0 Å². The third-order valence-corrected chi connectivity index (χ3v) is 9.56. The van der Waals surface area contributed by atoms with Gasteiger partial charge in [0.2, 0.25) is 0 Å². The van der Waals surface area contributed by atoms with E-state index >= 15 is 0 Å². The van der Waals surface area contributed by atoms with Crippen molar-refractivity contribution in [3.8, 4) is 11.8 Å². The summed E-state index contributed by atoms with van der Waals surface area (Å²) < 4.78 is 5.37. The van der Waals surface area contributed by atoms with Crippen molar-refractivity contribution in [3.63, 3.8) is 0 Å². The Hall–Kier alpha value is -2.01. The van der Waals surface area contributed by atoms with Gasteiger partial charge in [0.1, 0.15) is 6.10 Å². The molecule has 0 heterocycles. The van der Waals surface area contributed by atoms with Gasteiger partial charge in [-0.25, -0.2) is 0 Å². The zero-order valence-electron chi connectivity index (χ0n) is 18.4. The molecular formula is C28H34O2. The van der Waals surface area contributed by atoms with Crippen LogP contribution in [0, 0.1) is 46.3 Å². The summed E-state index contributed by atoms with van der Waals surface area (Å²) in [6.07, 6.45) is 12.4. The Morgan fingerprint density at radius 2 is 1.83 bits per heavy atom. The summed E-state index contributed by atoms with van der Waals surface area (Å²) in [4.78, 5) is 10.8. The maximum absolute atomic E-state index is 10.8. The SMILES string of the molecule is C[C@]12CC[C@H](OC=O)C[C@@H]1CC[C@H]1[C@H]2CC[C@]2(C)C(C#Cc3ccccc3)=CC[C@H]12. The van der Waals surface area contributed by atoms with Crippen molar-refractivity contribution in [1.29, 1.82) is 0 Å². The number of hydrogen-bond donors (Lipinski definition) is 0. The third kappa shape index (κ3) is 3.13. The van der Waals surface area contributed by atoms with Crippen molar-refractivity contribution in [1.82, 2.24) is 0 Å². The molecule has 3 fully saturated rings. The van der Waals surface area contributed by atoms with Gasteiger partial charge in [-0.2, -0.15) is 0 Å². The number of benzene rings is 1. The zero-order valence-corrected chi connectivity index (χ0v) is 18.4. The van der Waals surface area contributed by atoms with Crippen molar-refractivity contribution >= 4 is 6.47 Å². The number of allylic oxidation sites excluding steroid dienone is 2. The molecule has 2 nitrogen and oxygen atoms in total. The van der Waals surface area contributed by atoms with Crippen molar-refractivity contribution in [2.75, 3.05) is 0 Å². The number of carbonyl (C=O) groups excluding carboxylic acids is 1. The highest BCUT2D eigenvalue weighted by molar-refractivity contribution is 5.45. The van der Waals surface area contributed by atoms with Gasteiger partial charge in [0.05, 0.1) is 0 Å². The summed E-state index contributed by atoms with van der Waals surface area (Å²) in [5.41, 5.74) is 3.18. The van der Waals surface area contributed by atoms with Crippen LogP contribution in [0.1, 0.15) is 70.8 Å². The monoisotopic (exact) mass is 402 g/mol. The van der Waals surface area contributed by atoms with E-state index in [0.29, 0.717) is 17.8 Å². The van der Waals surface area contributed by atoms with Gasteiger partial charge < -0.3 is 4.74 Å². The maximum Gasteiger partial charge on any atom is 0.293 e. The van der Waals surface area contributed by atoms with Crippen LogP contribution in [0.4, 0.5) is 0 Å². The molecule has 0 saturated heterocycles. The fourth-order valence-corrected chi connectivity index (χ4v) is 7.84. The van der Waals surface area contributed by atoms with Crippen molar-refractivity contribution in [2.45, 2.75) is 71.3 Å². The van der Waals surface area contributed by atoms with Gasteiger partial charge in [0.25, 0.3) is 6.47 Å². The van der Waals surface area contributed by atoms with E-state index in [1.165, 1.54) is 44.1 Å². The second-order valence-electron chi connectivity index (χ2n) is 10.7. The summed E-state index contributed by atoms with van der Waals surface area (Å²) in [6, 6.07) is 10.4. The summed E-state index contributed by atoms with van der Waals surface area (Å²) in [6.45, 7) is 5.72. The topological polar surface area (TPSA) is 26.3 Å². The van der Waals surface area contributed by atoms with Crippen LogP contribution in [0.2, 0.25) is 0 Å². The van der Waals surface area contributed by atoms with Crippen LogP contribution in [0.3, 0.4) is 0 Å². The van der Waals surface area contributed by atoms with E-state index < -0.39 is 0 Å². The van der Waals surface area contributed by atoms with Crippen LogP contribution in [0.15, 0.2) is 42.0 Å². The molecule has 0 bridgehead atoms. The molecule has 4 aliphatic rings. The number of rotatable bonds is 2. The molecule has 30 heavy (non-hydrogen) atoms. The molecule has 7 atom stereocenters. The standard InChI is InChI=1S/C28H34O2/c1-27-17-15-26-24(12-10-22-18-23(30-19-29)14-16-28(22,26)2)25(27)13-11-21(27)9-8-20-6-4-3-5-7-20/h3-7,11,19,22-26H,10,12-18H2,1-2H3/t22-,23-,24+,25+,26+,27+,28-/m0/s1. The van der Waals surface area contributed by atoms with Crippen LogP contribution in [0.5, 0.6) is 0 Å². The Balaban J connectivity index is 1.35. The van der Waals surface area contributed by atoms with Crippen LogP contribution < -0.4 is 0 Å². The van der Waals surface area contributed by atoms with E-state index in [1.807, 2.05) is 6.07 Å². The van der Waals surface area contributed by atoms with E-state index in [0.717, 1.165) is 36.2 Å². The summed E-state index contributed by atoms with van der Waals surface area (Å²) >= 11 is 0. The third-order valence-electron chi connectivity index (χ3n) is 9.56. The van der Waals surface area contributed by atoms with E-state index in [-0.39, 0.29) is 11.5 Å². The quantitative estimate of drug-likeness (QED) is 0.437. The number of fused-ring (bicyclic) bond motifs is 5. The zero-order chi connectivity index (χ0) is 20.8. The van der Waals surface area contributed by atoms with E-state index in [4.69, 9.17) is 4.74 Å². The highest BCUT2D eigenvalue weighted by Crippen LogP contribution is 2.66. The summed E-state index contributed by atoms with van der Waals surface area (Å²) in [5, 5.41) is 0. The molecule has 0 unspecified atom stereocenters. The fraction of sp³-hybridized carbons (Fsp3) is 0.607. The van der Waals surface area contributed by atoms with Crippen molar-refractivity contribution in [2.24, 2.45) is 34.5 Å². The molecule has 1 aromatic rings. The lowest BCUT2D eigenvalue weighted by molar-refractivity contribution is -0.147. The van der Waals surface area contributed by atoms with Crippen molar-refractivity contribution in [3.05, 3.63) is 47.5 Å². The van der Waals surface area contributed by atoms with Crippen LogP contribution in [-0.4, -0.2) is 12.6 Å². The molecule has 0 radical (unpaired) electrons. The lowest BCUT2D eigenvalue weighted by Gasteiger charge is -2.60. The highest BCUT2D eigenvalue weighted by atomic mass is 16.5. The first-order valence-corrected chi connectivity index (χ1v) is 11.9. The molecule has 0 N–H and O–H groups in total. The number of ether oxygens (including phenoxy) is 1. The Labute approximate surface area is 181 Å². The molecule has 1 aromatic carbocycles. The lowest BCUT2D eigenvalue weighted by atomic mass is 9.44. The average molecular weight is 403 g/mol. The fourth-order valence-electron chi connectivity index (χ4n) is 7.84. The molecule has 4 aliphatic carbocycles. The molecule has 0 aliphatic heterocycles. The maximum atomic E-state index is 10.8. The minimum Gasteiger partial charge on any atom is -0.465 e. The highest BCUT2D eigenvalue weighted by Gasteiger charge is 2.58. The first-order valence-electron chi connectivity index (χ1n) is 11.9. The molecule has 3 saturated carbocycles. The number of carbonyl (C=O) groups is 1. The minimum atomic E-state index is 0.152. The lowest BCUT2D eigenvalue weighted by Crippen LogP contribution is -2.53. The van der Waals surface area contributed by atoms with Crippen LogP contribution >= 0.6 is 0 Å². The van der Waals surface area contributed by atoms with Gasteiger partial charge in [-0.1, -0.05) is 50.0 Å². The van der Waals surface area contributed by atoms with Gasteiger partial charge in [-0.05, 0) is 92.6 Å². The molecular weight excluding hydrogens is 368 g/mol. The van der Waals surface area contributed by atoms with Crippen molar-refractivity contribution < 1.29 is 9.53 Å². The Morgan fingerprint density at radius 3 is 2.63 bits per heavy atom. The predicted octanol–water partition coefficient (Wildman–Crippen LogP) is 6.16. The Bertz CT molecular complexity index is 890. The minimum absolute atomic E-state index is 0.152. The molecule has 0 amide bonds. The Kier molecular flexibility index (Phi) is 5.04. The molecule has 0 aromatic heterocycles. The second kappa shape index (κ2) is 7.60. The second-order valence-corrected chi connectivity index (χ2v) is 10.7. The van der Waals surface area contributed by atoms with Gasteiger partial charge >= 0.3 is 0 Å².